The van der Waals surface area contributed by atoms with Crippen molar-refractivity contribution in [3.8, 4) is 0 Å². The van der Waals surface area contributed by atoms with Crippen molar-refractivity contribution in [3.05, 3.63) is 18.0 Å². The summed E-state index contributed by atoms with van der Waals surface area (Å²) in [6.07, 6.45) is 2.99. The Labute approximate surface area is 89.4 Å². The largest absolute Gasteiger partial charge is 0.353 e. The molecule has 2 rings (SSSR count). The third-order valence-electron chi connectivity index (χ3n) is 2.66. The van der Waals surface area contributed by atoms with Crippen LogP contribution in [0.3, 0.4) is 0 Å². The number of aromatic amines is 1. The summed E-state index contributed by atoms with van der Waals surface area (Å²) in [4.78, 5) is 4.16. The number of rotatable bonds is 3. The average molecular weight is 207 g/mol. The molecule has 0 saturated heterocycles. The number of hydrogen-bond donors (Lipinski definition) is 3. The molecule has 1 fully saturated rings. The van der Waals surface area contributed by atoms with E-state index in [2.05, 4.69) is 32.7 Å². The molecule has 1 aliphatic rings. The Hall–Kier alpha value is -1.52. The maximum absolute atomic E-state index is 4.16. The summed E-state index contributed by atoms with van der Waals surface area (Å²) in [5, 5.41) is 13.4. The molecule has 2 atom stereocenters. The molecule has 1 aliphatic carbocycles. The van der Waals surface area contributed by atoms with Gasteiger partial charge in [0.2, 0.25) is 0 Å². The van der Waals surface area contributed by atoms with Crippen LogP contribution < -0.4 is 10.6 Å². The monoisotopic (exact) mass is 207 g/mol. The van der Waals surface area contributed by atoms with E-state index in [1.165, 1.54) is 6.42 Å². The Bertz CT molecular complexity index is 330. The predicted molar refractivity (Wildman–Crippen MR) is 59.5 cm³/mol. The van der Waals surface area contributed by atoms with Gasteiger partial charge in [0.05, 0.1) is 12.2 Å². The van der Waals surface area contributed by atoms with E-state index in [0.29, 0.717) is 6.04 Å². The number of aromatic nitrogens is 2. The first-order valence-electron chi connectivity index (χ1n) is 5.25. The lowest BCUT2D eigenvalue weighted by atomic mass is 10.4. The lowest BCUT2D eigenvalue weighted by Crippen LogP contribution is -2.38. The normalized spacial score (nSPS) is 25.1. The highest BCUT2D eigenvalue weighted by Gasteiger charge is 2.33. The van der Waals surface area contributed by atoms with Crippen molar-refractivity contribution >= 4 is 5.96 Å². The first-order valence-corrected chi connectivity index (χ1v) is 5.25. The highest BCUT2D eigenvalue weighted by atomic mass is 15.2. The Kier molecular flexibility index (Phi) is 2.89. The number of aliphatic imine (C=N–C) groups is 1. The van der Waals surface area contributed by atoms with Gasteiger partial charge in [0.25, 0.3) is 0 Å². The van der Waals surface area contributed by atoms with E-state index in [9.17, 15) is 0 Å². The minimum Gasteiger partial charge on any atom is -0.353 e. The Morgan fingerprint density at radius 1 is 1.73 bits per heavy atom. The first kappa shape index (κ1) is 10.0. The van der Waals surface area contributed by atoms with Crippen LogP contribution in [0.25, 0.3) is 0 Å². The SMILES string of the molecule is CN=C(NCc1ccn[nH]1)N[C@@H]1C[C@@H]1C. The maximum atomic E-state index is 4.16. The average Bonchev–Trinajstić information content (AvgIpc) is 2.74. The van der Waals surface area contributed by atoms with Crippen molar-refractivity contribution in [3.63, 3.8) is 0 Å². The van der Waals surface area contributed by atoms with Gasteiger partial charge in [-0.3, -0.25) is 10.1 Å². The van der Waals surface area contributed by atoms with Gasteiger partial charge >= 0.3 is 0 Å². The summed E-state index contributed by atoms with van der Waals surface area (Å²) in [5.41, 5.74) is 1.06. The Morgan fingerprint density at radius 3 is 3.07 bits per heavy atom. The molecule has 0 aliphatic heterocycles. The van der Waals surface area contributed by atoms with Gasteiger partial charge in [-0.2, -0.15) is 5.10 Å². The van der Waals surface area contributed by atoms with E-state index < -0.39 is 0 Å². The summed E-state index contributed by atoms with van der Waals surface area (Å²) in [6, 6.07) is 2.54. The van der Waals surface area contributed by atoms with E-state index in [1.54, 1.807) is 13.2 Å². The van der Waals surface area contributed by atoms with E-state index >= 15 is 0 Å². The highest BCUT2D eigenvalue weighted by Crippen LogP contribution is 2.28. The van der Waals surface area contributed by atoms with Crippen LogP contribution in [0.1, 0.15) is 19.0 Å². The molecule has 0 radical (unpaired) electrons. The van der Waals surface area contributed by atoms with Crippen LogP contribution in [0.4, 0.5) is 0 Å². The number of nitrogens with one attached hydrogen (secondary N) is 3. The third-order valence-corrected chi connectivity index (χ3v) is 2.66. The van der Waals surface area contributed by atoms with Crippen molar-refractivity contribution in [1.29, 1.82) is 0 Å². The summed E-state index contributed by atoms with van der Waals surface area (Å²) in [7, 11) is 1.79. The molecule has 0 spiro atoms. The van der Waals surface area contributed by atoms with Gasteiger partial charge in [-0.25, -0.2) is 0 Å². The summed E-state index contributed by atoms with van der Waals surface area (Å²) in [6.45, 7) is 2.96. The molecule has 1 heterocycles. The molecule has 15 heavy (non-hydrogen) atoms. The van der Waals surface area contributed by atoms with Gasteiger partial charge in [-0.05, 0) is 18.4 Å². The van der Waals surface area contributed by atoms with Crippen molar-refractivity contribution in [2.75, 3.05) is 7.05 Å². The number of nitrogens with zero attached hydrogens (tertiary/aromatic N) is 2. The standard InChI is InChI=1S/C10H17N5/c1-7-5-9(7)14-10(11-2)12-6-8-3-4-13-15-8/h3-4,7,9H,5-6H2,1-2H3,(H,13,15)(H2,11,12,14)/t7-,9+/m0/s1. The van der Waals surface area contributed by atoms with Crippen LogP contribution in [0.5, 0.6) is 0 Å². The molecule has 82 valence electrons. The van der Waals surface area contributed by atoms with Gasteiger partial charge in [0.1, 0.15) is 0 Å². The smallest absolute Gasteiger partial charge is 0.191 e. The second kappa shape index (κ2) is 4.33. The van der Waals surface area contributed by atoms with E-state index in [-0.39, 0.29) is 0 Å². The zero-order valence-corrected chi connectivity index (χ0v) is 9.12. The molecule has 1 saturated carbocycles. The summed E-state index contributed by atoms with van der Waals surface area (Å²) < 4.78 is 0. The van der Waals surface area contributed by atoms with Gasteiger partial charge < -0.3 is 10.6 Å². The van der Waals surface area contributed by atoms with Gasteiger partial charge in [0.15, 0.2) is 5.96 Å². The van der Waals surface area contributed by atoms with Crippen LogP contribution in [0.2, 0.25) is 0 Å². The number of hydrogen-bond acceptors (Lipinski definition) is 2. The van der Waals surface area contributed by atoms with Crippen molar-refractivity contribution < 1.29 is 0 Å². The molecule has 5 heteroatoms. The quantitative estimate of drug-likeness (QED) is 0.499. The van der Waals surface area contributed by atoms with Crippen LogP contribution in [0.15, 0.2) is 17.3 Å². The summed E-state index contributed by atoms with van der Waals surface area (Å²) in [5.74, 6) is 1.63. The molecule has 5 nitrogen and oxygen atoms in total. The van der Waals surface area contributed by atoms with Crippen LogP contribution in [-0.4, -0.2) is 29.2 Å². The highest BCUT2D eigenvalue weighted by molar-refractivity contribution is 5.80. The second-order valence-electron chi connectivity index (χ2n) is 3.97. The van der Waals surface area contributed by atoms with Crippen molar-refractivity contribution in [2.45, 2.75) is 25.9 Å². The van der Waals surface area contributed by atoms with E-state index in [0.717, 1.165) is 24.1 Å². The number of guanidine groups is 1. The molecule has 1 aromatic heterocycles. The maximum Gasteiger partial charge on any atom is 0.191 e. The first-order chi connectivity index (χ1) is 7.29. The summed E-state index contributed by atoms with van der Waals surface area (Å²) >= 11 is 0. The molecule has 0 amide bonds. The fourth-order valence-electron chi connectivity index (χ4n) is 1.46. The van der Waals surface area contributed by atoms with E-state index in [1.807, 2.05) is 6.07 Å². The van der Waals surface area contributed by atoms with Crippen molar-refractivity contribution in [2.24, 2.45) is 10.9 Å². The molecule has 3 N–H and O–H groups in total. The zero-order valence-electron chi connectivity index (χ0n) is 9.12. The third kappa shape index (κ3) is 2.71. The van der Waals surface area contributed by atoms with E-state index in [4.69, 9.17) is 0 Å². The lowest BCUT2D eigenvalue weighted by molar-refractivity contribution is 0.754. The fourth-order valence-corrected chi connectivity index (χ4v) is 1.46. The zero-order chi connectivity index (χ0) is 10.7. The number of H-pyrrole nitrogens is 1. The Morgan fingerprint density at radius 2 is 2.53 bits per heavy atom. The van der Waals surface area contributed by atoms with Crippen LogP contribution in [-0.2, 0) is 6.54 Å². The molecular formula is C10H17N5. The second-order valence-corrected chi connectivity index (χ2v) is 3.97. The minimum atomic E-state index is 0.595. The molecule has 1 aromatic rings. The lowest BCUT2D eigenvalue weighted by Gasteiger charge is -2.10. The van der Waals surface area contributed by atoms with Gasteiger partial charge in [-0.1, -0.05) is 6.92 Å². The van der Waals surface area contributed by atoms with Gasteiger partial charge in [0, 0.05) is 19.3 Å². The molecule has 0 aromatic carbocycles. The minimum absolute atomic E-state index is 0.595. The molecular weight excluding hydrogens is 190 g/mol. The fraction of sp³-hybridized carbons (Fsp3) is 0.600. The van der Waals surface area contributed by atoms with Gasteiger partial charge in [-0.15, -0.1) is 0 Å². The molecule has 0 unspecified atom stereocenters. The Balaban J connectivity index is 1.76. The molecule has 0 bridgehead atoms. The van der Waals surface area contributed by atoms with Crippen LogP contribution >= 0.6 is 0 Å². The van der Waals surface area contributed by atoms with Crippen molar-refractivity contribution in [1.82, 2.24) is 20.8 Å². The van der Waals surface area contributed by atoms with Crippen LogP contribution in [0, 0.1) is 5.92 Å². The predicted octanol–water partition coefficient (Wildman–Crippen LogP) is 0.483. The topological polar surface area (TPSA) is 65.1 Å².